The van der Waals surface area contributed by atoms with Crippen LogP contribution in [0.3, 0.4) is 0 Å². The fourth-order valence-corrected chi connectivity index (χ4v) is 18.5. The summed E-state index contributed by atoms with van der Waals surface area (Å²) >= 11 is 2.51. The van der Waals surface area contributed by atoms with Crippen LogP contribution in [0.2, 0.25) is 51.4 Å². The number of benzene rings is 7. The third kappa shape index (κ3) is 32.3. The molecule has 11 rings (SSSR count). The molecule has 672 valence electrons. The predicted molar refractivity (Wildman–Crippen MR) is 496 cm³/mol. The van der Waals surface area contributed by atoms with Gasteiger partial charge in [0.15, 0.2) is 18.4 Å². The van der Waals surface area contributed by atoms with Crippen LogP contribution in [0.25, 0.3) is 6.08 Å². The van der Waals surface area contributed by atoms with Gasteiger partial charge < -0.3 is 66.3 Å². The molecule has 0 N–H and O–H groups in total. The number of ether oxygens (including phenoxy) is 18. The third-order valence-corrected chi connectivity index (χ3v) is 27.4. The number of esters is 4. The van der Waals surface area contributed by atoms with Crippen molar-refractivity contribution >= 4 is 88.1 Å². The van der Waals surface area contributed by atoms with Crippen LogP contribution < -0.4 is 32.9 Å². The van der Waals surface area contributed by atoms with Crippen molar-refractivity contribution in [1.82, 2.24) is 0 Å². The summed E-state index contributed by atoms with van der Waals surface area (Å²) < 4.78 is 107. The summed E-state index contributed by atoms with van der Waals surface area (Å²) in [5.41, 5.74) is 5.30. The molecule has 2 aliphatic carbocycles. The molecule has 0 amide bonds. The number of hydrogen-bond donors (Lipinski definition) is 0. The number of carbonyl (C=O) groups excluding carboxylic acids is 4. The van der Waals surface area contributed by atoms with E-state index >= 15 is 0 Å². The summed E-state index contributed by atoms with van der Waals surface area (Å²) in [5, 5.41) is 0.732. The summed E-state index contributed by atoms with van der Waals surface area (Å²) in [6, 6.07) is 52.9. The molecule has 2 saturated carbocycles. The molecule has 0 bridgehead atoms. The van der Waals surface area contributed by atoms with Gasteiger partial charge in [-0.3, -0.25) is 0 Å². The van der Waals surface area contributed by atoms with Gasteiger partial charge in [0.1, 0.15) is 53.0 Å². The van der Waals surface area contributed by atoms with Crippen LogP contribution in [-0.4, -0.2) is 189 Å². The van der Waals surface area contributed by atoms with Gasteiger partial charge in [0.2, 0.25) is 0 Å². The first kappa shape index (κ1) is 99.6. The molecule has 26 heteroatoms. The van der Waals surface area contributed by atoms with E-state index in [1.165, 1.54) is 11.6 Å². The molecule has 0 aromatic heterocycles. The first-order valence-electron chi connectivity index (χ1n) is 42.5. The number of carbonyl (C=O) groups is 4. The van der Waals surface area contributed by atoms with E-state index in [4.69, 9.17) is 85.3 Å². The second-order valence-corrected chi connectivity index (χ2v) is 48.6. The minimum atomic E-state index is -1.45. The Bertz CT molecular complexity index is 4520. The van der Waals surface area contributed by atoms with E-state index in [0.29, 0.717) is 72.4 Å². The Kier molecular flexibility index (Phi) is 40.0. The average molecular weight is 1920 g/mol. The smallest absolute Gasteiger partial charge is 0.338 e. The van der Waals surface area contributed by atoms with Crippen LogP contribution in [0.15, 0.2) is 194 Å². The van der Waals surface area contributed by atoms with Crippen molar-refractivity contribution < 1.29 is 104 Å². The molecule has 124 heavy (non-hydrogen) atoms. The van der Waals surface area contributed by atoms with E-state index in [-0.39, 0.29) is 88.0 Å². The van der Waals surface area contributed by atoms with E-state index in [0.717, 1.165) is 95.0 Å². The van der Waals surface area contributed by atoms with Crippen LogP contribution >= 0.6 is 22.6 Å². The maximum Gasteiger partial charge on any atom is 0.338 e. The van der Waals surface area contributed by atoms with Gasteiger partial charge in [0, 0.05) is 37.5 Å². The standard InChI is InChI=1S/C46H60O11Si.C30H37IO6.C22H30O5SeSi/c1-46(2)56-40(19-13-17-35-28-37(51-5)29-41(54-31-49-3)42(35)45(48)52-26-27-58(6,7)8)43(57-46)39(55-44(47)34-14-10-9-11-15-34)25-22-33-16-12-18-38(33)53-30-32-20-23-36(50-4)24-21-32;1-30(2)36-27(18-19-31)28(37-30)26(35-29(32)23-8-5-4-6-9-23)17-14-22-10-7-11-25(22)34-20-21-12-15-24(33-3)16-13-21;1-24-16-27-20-14-18(25-2)13-17(15-28-19-9-7-6-8-10-19)21(20)22(23)26-11-12-29(3,4)5/h9-11,13-15,17,20-25,28-29,33,38-40,43H,12,16,18-19,26-27,30-31H2,1-8H3;4-6,8-9,12-17,22,25-28H,7,10-11,18-20H2,1-3H3;6-10,13-14H,11-12,15-16H2,1-5H3/b17-13+,25-22-;17-14-;/t33?,38-,39?,40?,43?;22?,25-,26?,27?,28?;/m11./s1. The molecule has 7 aromatic rings. The molecule has 8 unspecified atom stereocenters. The normalized spacial score (nSPS) is 20.1. The predicted octanol–water partition coefficient (Wildman–Crippen LogP) is 19.5. The summed E-state index contributed by atoms with van der Waals surface area (Å²) in [7, 11) is 6.79. The fourth-order valence-electron chi connectivity index (χ4n) is 14.6. The van der Waals surface area contributed by atoms with E-state index in [9.17, 15) is 19.2 Å². The van der Waals surface area contributed by atoms with Gasteiger partial charge in [-0.1, -0.05) is 140 Å². The Labute approximate surface area is 755 Å². The first-order valence-corrected chi connectivity index (χ1v) is 53.5. The van der Waals surface area contributed by atoms with E-state index in [1.807, 2.05) is 149 Å². The molecule has 0 spiro atoms. The molecular weight excluding hydrogens is 1790 g/mol. The Balaban J connectivity index is 0.000000226. The van der Waals surface area contributed by atoms with Gasteiger partial charge in [0.05, 0.1) is 76.7 Å². The van der Waals surface area contributed by atoms with Crippen molar-refractivity contribution in [2.75, 3.05) is 73.9 Å². The molecule has 2 aliphatic heterocycles. The zero-order chi connectivity index (χ0) is 89.2. The SMILES string of the molecule is COCOc1cc(OC)cc(/C=C/CC2OC(C)(C)OC2C(/C=C\C2CCC[C@H]2OCc2ccc(OC)cc2)OC(=O)c2ccccc2)c1C(=O)OCC[Si](C)(C)C.COCOc1cc(OC)cc(C[Se]c2ccccc2)c1C(=O)OCC[Si](C)(C)C.COc1ccc(CO[C@@H]2CCCC2/C=C\C(OC(=O)c2ccccc2)C2OC(C)(C)OC2CCI)cc1. The molecule has 4 fully saturated rings. The van der Waals surface area contributed by atoms with E-state index in [1.54, 1.807) is 90.1 Å². The number of rotatable bonds is 42. The monoisotopic (exact) mass is 1920 g/mol. The van der Waals surface area contributed by atoms with Crippen LogP contribution in [0.5, 0.6) is 34.5 Å². The van der Waals surface area contributed by atoms with Crippen molar-refractivity contribution in [3.05, 3.63) is 239 Å². The topological polar surface area (TPSA) is 234 Å². The van der Waals surface area contributed by atoms with Crippen molar-refractivity contribution in [3.63, 3.8) is 0 Å². The van der Waals surface area contributed by atoms with Crippen molar-refractivity contribution in [2.45, 2.75) is 209 Å². The van der Waals surface area contributed by atoms with E-state index in [2.05, 4.69) is 86.2 Å². The number of alkyl halides is 1. The summed E-state index contributed by atoms with van der Waals surface area (Å²) in [6.07, 6.45) is 16.2. The summed E-state index contributed by atoms with van der Waals surface area (Å²) in [5.74, 6) is 0.498. The molecule has 7 aromatic carbocycles. The van der Waals surface area contributed by atoms with Crippen molar-refractivity contribution in [2.24, 2.45) is 11.8 Å². The molecular formula is C98H127IO22SeSi2. The van der Waals surface area contributed by atoms with Gasteiger partial charge in [-0.05, 0) is 156 Å². The van der Waals surface area contributed by atoms with Gasteiger partial charge in [-0.25, -0.2) is 14.4 Å². The Hall–Kier alpha value is -8.20. The van der Waals surface area contributed by atoms with Gasteiger partial charge >= 0.3 is 199 Å². The number of halogens is 1. The molecule has 2 saturated heterocycles. The molecule has 0 radical (unpaired) electrons. The zero-order valence-electron chi connectivity index (χ0n) is 74.8. The number of methoxy groups -OCH3 is 6. The Morgan fingerprint density at radius 2 is 0.927 bits per heavy atom. The van der Waals surface area contributed by atoms with E-state index < -0.39 is 64.1 Å². The molecule has 2 heterocycles. The fraction of sp³-hybridized carbons (Fsp3) is 0.469. The summed E-state index contributed by atoms with van der Waals surface area (Å²) in [6.45, 7) is 22.7. The minimum absolute atomic E-state index is 0.0109. The molecule has 4 aliphatic rings. The molecule has 22 nitrogen and oxygen atoms in total. The second kappa shape index (κ2) is 49.8. The average Bonchev–Trinajstić information content (AvgIpc) is 1.51. The second-order valence-electron chi connectivity index (χ2n) is 34.1. The van der Waals surface area contributed by atoms with Gasteiger partial charge in [-0.15, -0.1) is 0 Å². The van der Waals surface area contributed by atoms with Gasteiger partial charge in [-0.2, -0.15) is 0 Å². The minimum Gasteiger partial charge on any atom is -0.497 e. The number of hydrogen-bond acceptors (Lipinski definition) is 22. The quantitative estimate of drug-likeness (QED) is 0.00658. The van der Waals surface area contributed by atoms with Crippen LogP contribution in [-0.2, 0) is 75.4 Å². The van der Waals surface area contributed by atoms with Crippen LogP contribution in [0.4, 0.5) is 0 Å². The van der Waals surface area contributed by atoms with Crippen LogP contribution in [0.1, 0.15) is 143 Å². The largest absolute Gasteiger partial charge is 0.497 e. The third-order valence-electron chi connectivity index (χ3n) is 21.1. The summed E-state index contributed by atoms with van der Waals surface area (Å²) in [4.78, 5) is 53.2. The first-order chi connectivity index (χ1) is 59.5. The van der Waals surface area contributed by atoms with Crippen LogP contribution in [0, 0.1) is 11.8 Å². The van der Waals surface area contributed by atoms with Crippen molar-refractivity contribution in [3.8, 4) is 34.5 Å². The molecule has 10 atom stereocenters. The Morgan fingerprint density at radius 3 is 1.37 bits per heavy atom. The maximum atomic E-state index is 13.6. The van der Waals surface area contributed by atoms with Gasteiger partial charge in [0.25, 0.3) is 0 Å². The van der Waals surface area contributed by atoms with Crippen molar-refractivity contribution in [1.29, 1.82) is 0 Å². The maximum absolute atomic E-state index is 13.6. The zero-order valence-corrected chi connectivity index (χ0v) is 80.7. The Morgan fingerprint density at radius 1 is 0.500 bits per heavy atom.